The smallest absolute Gasteiger partial charge is 0.230 e. The lowest BCUT2D eigenvalue weighted by Crippen LogP contribution is -2.33. The van der Waals surface area contributed by atoms with Gasteiger partial charge in [-0.05, 0) is 38.3 Å². The number of aromatic nitrogens is 3. The second-order valence-electron chi connectivity index (χ2n) is 7.71. The van der Waals surface area contributed by atoms with Crippen LogP contribution in [0, 0.1) is 0 Å². The number of thioether (sulfide) groups is 1. The molecule has 1 heterocycles. The quantitative estimate of drug-likeness (QED) is 0.592. The zero-order chi connectivity index (χ0) is 20.6. The lowest BCUT2D eigenvalue weighted by atomic mass is 9.95. The highest BCUT2D eigenvalue weighted by molar-refractivity contribution is 7.99. The molecule has 6 nitrogen and oxygen atoms in total. The maximum Gasteiger partial charge on any atom is 0.230 e. The van der Waals surface area contributed by atoms with Gasteiger partial charge in [0.1, 0.15) is 5.75 Å². The number of rotatable bonds is 9. The first kappa shape index (κ1) is 21.7. The molecule has 7 heteroatoms. The predicted molar refractivity (Wildman–Crippen MR) is 117 cm³/mol. The number of nitrogens with one attached hydrogen (secondary N) is 1. The van der Waals surface area contributed by atoms with Crippen molar-refractivity contribution in [3.05, 3.63) is 24.3 Å². The fourth-order valence-electron chi connectivity index (χ4n) is 4.01. The lowest BCUT2D eigenvalue weighted by Gasteiger charge is -2.26. The van der Waals surface area contributed by atoms with Crippen LogP contribution in [0.15, 0.2) is 29.4 Å². The summed E-state index contributed by atoms with van der Waals surface area (Å²) in [5.74, 6) is 2.02. The fourth-order valence-corrected chi connectivity index (χ4v) is 4.83. The SMILES string of the molecule is CCC[C@H](C)NC(=O)CSc1nnc(-c2ccccc2OC)n1C1CCCCC1. The van der Waals surface area contributed by atoms with Gasteiger partial charge in [0.15, 0.2) is 11.0 Å². The van der Waals surface area contributed by atoms with Crippen LogP contribution in [0.5, 0.6) is 5.75 Å². The van der Waals surface area contributed by atoms with Crippen LogP contribution in [0.3, 0.4) is 0 Å². The monoisotopic (exact) mass is 416 g/mol. The van der Waals surface area contributed by atoms with Crippen LogP contribution in [0.1, 0.15) is 64.8 Å². The molecule has 1 aromatic carbocycles. The van der Waals surface area contributed by atoms with E-state index in [2.05, 4.69) is 33.9 Å². The Balaban J connectivity index is 1.83. The zero-order valence-corrected chi connectivity index (χ0v) is 18.5. The third-order valence-electron chi connectivity index (χ3n) is 5.41. The molecule has 1 N–H and O–H groups in total. The molecular formula is C22H32N4O2S. The van der Waals surface area contributed by atoms with Crippen LogP contribution in [0.4, 0.5) is 0 Å². The number of amides is 1. The maximum absolute atomic E-state index is 12.4. The molecule has 1 saturated carbocycles. The van der Waals surface area contributed by atoms with Crippen molar-refractivity contribution in [3.8, 4) is 17.1 Å². The first-order chi connectivity index (χ1) is 14.1. The van der Waals surface area contributed by atoms with Crippen molar-refractivity contribution in [1.29, 1.82) is 0 Å². The zero-order valence-electron chi connectivity index (χ0n) is 17.7. The molecular weight excluding hydrogens is 384 g/mol. The highest BCUT2D eigenvalue weighted by atomic mass is 32.2. The summed E-state index contributed by atoms with van der Waals surface area (Å²) < 4.78 is 7.80. The number of benzene rings is 1. The van der Waals surface area contributed by atoms with E-state index in [4.69, 9.17) is 4.74 Å². The molecule has 0 unspecified atom stereocenters. The van der Waals surface area contributed by atoms with Gasteiger partial charge in [0, 0.05) is 12.1 Å². The average Bonchev–Trinajstić information content (AvgIpc) is 3.16. The van der Waals surface area contributed by atoms with Crippen LogP contribution in [-0.4, -0.2) is 39.6 Å². The number of para-hydroxylation sites is 1. The van der Waals surface area contributed by atoms with Gasteiger partial charge in [0.2, 0.25) is 5.91 Å². The van der Waals surface area contributed by atoms with Gasteiger partial charge in [-0.1, -0.05) is 56.5 Å². The first-order valence-corrected chi connectivity index (χ1v) is 11.6. The van der Waals surface area contributed by atoms with Crippen LogP contribution >= 0.6 is 11.8 Å². The van der Waals surface area contributed by atoms with Gasteiger partial charge in [0.05, 0.1) is 18.4 Å². The molecule has 1 aromatic heterocycles. The predicted octanol–water partition coefficient (Wildman–Crippen LogP) is 4.86. The molecule has 0 spiro atoms. The highest BCUT2D eigenvalue weighted by Gasteiger charge is 2.25. The van der Waals surface area contributed by atoms with Crippen molar-refractivity contribution < 1.29 is 9.53 Å². The maximum atomic E-state index is 12.4. The van der Waals surface area contributed by atoms with Crippen LogP contribution in [0.25, 0.3) is 11.4 Å². The molecule has 1 fully saturated rings. The third kappa shape index (κ3) is 5.53. The number of ether oxygens (including phenoxy) is 1. The Morgan fingerprint density at radius 3 is 2.76 bits per heavy atom. The van der Waals surface area contributed by atoms with E-state index in [9.17, 15) is 4.79 Å². The number of carbonyl (C=O) groups excluding carboxylic acids is 1. The Morgan fingerprint density at radius 1 is 1.28 bits per heavy atom. The average molecular weight is 417 g/mol. The summed E-state index contributed by atoms with van der Waals surface area (Å²) in [5, 5.41) is 12.9. The largest absolute Gasteiger partial charge is 0.496 e. The molecule has 1 atom stereocenters. The summed E-state index contributed by atoms with van der Waals surface area (Å²) in [6.45, 7) is 4.18. The van der Waals surface area contributed by atoms with Crippen molar-refractivity contribution in [1.82, 2.24) is 20.1 Å². The van der Waals surface area contributed by atoms with Crippen LogP contribution in [-0.2, 0) is 4.79 Å². The van der Waals surface area contributed by atoms with Gasteiger partial charge < -0.3 is 10.1 Å². The number of carbonyl (C=O) groups is 1. The molecule has 158 valence electrons. The first-order valence-electron chi connectivity index (χ1n) is 10.6. The fraction of sp³-hybridized carbons (Fsp3) is 0.591. The molecule has 1 aliphatic rings. The van der Waals surface area contributed by atoms with Crippen LogP contribution in [0.2, 0.25) is 0 Å². The second kappa shape index (κ2) is 10.7. The third-order valence-corrected chi connectivity index (χ3v) is 6.36. The summed E-state index contributed by atoms with van der Waals surface area (Å²) in [5.41, 5.74) is 0.945. The molecule has 1 amide bonds. The van der Waals surface area contributed by atoms with E-state index < -0.39 is 0 Å². The minimum atomic E-state index is 0.0491. The summed E-state index contributed by atoms with van der Waals surface area (Å²) in [7, 11) is 1.68. The van der Waals surface area contributed by atoms with Gasteiger partial charge in [-0.15, -0.1) is 10.2 Å². The Morgan fingerprint density at radius 2 is 2.03 bits per heavy atom. The molecule has 0 bridgehead atoms. The van der Waals surface area contributed by atoms with Crippen molar-refractivity contribution in [2.75, 3.05) is 12.9 Å². The van der Waals surface area contributed by atoms with Gasteiger partial charge in [-0.25, -0.2) is 0 Å². The van der Waals surface area contributed by atoms with E-state index in [1.807, 2.05) is 24.3 Å². The van der Waals surface area contributed by atoms with E-state index in [1.54, 1.807) is 7.11 Å². The topological polar surface area (TPSA) is 69.0 Å². The molecule has 2 aromatic rings. The van der Waals surface area contributed by atoms with Crippen molar-refractivity contribution in [2.24, 2.45) is 0 Å². The van der Waals surface area contributed by atoms with Gasteiger partial charge in [-0.2, -0.15) is 0 Å². The molecule has 29 heavy (non-hydrogen) atoms. The standard InChI is InChI=1S/C22H32N4O2S/c1-4-10-16(2)23-20(27)15-29-22-25-24-21(18-13-8-9-14-19(18)28-3)26(22)17-11-6-5-7-12-17/h8-9,13-14,16-17H,4-7,10-12,15H2,1-3H3,(H,23,27)/t16-/m0/s1. The van der Waals surface area contributed by atoms with Gasteiger partial charge in [-0.3, -0.25) is 9.36 Å². The van der Waals surface area contributed by atoms with E-state index in [-0.39, 0.29) is 11.9 Å². The molecule has 3 rings (SSSR count). The molecule has 0 saturated heterocycles. The molecule has 0 radical (unpaired) electrons. The van der Waals surface area contributed by atoms with E-state index >= 15 is 0 Å². The number of hydrogen-bond donors (Lipinski definition) is 1. The minimum absolute atomic E-state index is 0.0491. The summed E-state index contributed by atoms with van der Waals surface area (Å²) in [6, 6.07) is 8.49. The lowest BCUT2D eigenvalue weighted by molar-refractivity contribution is -0.119. The molecule has 1 aliphatic carbocycles. The normalized spacial score (nSPS) is 15.8. The Kier molecular flexibility index (Phi) is 7.98. The number of nitrogens with zero attached hydrogens (tertiary/aromatic N) is 3. The Hall–Kier alpha value is -2.02. The van der Waals surface area contributed by atoms with Gasteiger partial charge >= 0.3 is 0 Å². The van der Waals surface area contributed by atoms with Crippen LogP contribution < -0.4 is 10.1 Å². The van der Waals surface area contributed by atoms with E-state index in [1.165, 1.54) is 31.0 Å². The van der Waals surface area contributed by atoms with E-state index in [0.29, 0.717) is 11.8 Å². The highest BCUT2D eigenvalue weighted by Crippen LogP contribution is 2.37. The second-order valence-corrected chi connectivity index (χ2v) is 8.66. The Bertz CT molecular complexity index is 802. The van der Waals surface area contributed by atoms with Crippen molar-refractivity contribution >= 4 is 17.7 Å². The van der Waals surface area contributed by atoms with Crippen molar-refractivity contribution in [2.45, 2.75) is 76.0 Å². The number of hydrogen-bond acceptors (Lipinski definition) is 5. The minimum Gasteiger partial charge on any atom is -0.496 e. The summed E-state index contributed by atoms with van der Waals surface area (Å²) >= 11 is 1.47. The number of methoxy groups -OCH3 is 1. The summed E-state index contributed by atoms with van der Waals surface area (Å²) in [6.07, 6.45) is 8.00. The Labute approximate surface area is 177 Å². The van der Waals surface area contributed by atoms with Gasteiger partial charge in [0.25, 0.3) is 0 Å². The van der Waals surface area contributed by atoms with E-state index in [0.717, 1.165) is 48.0 Å². The summed E-state index contributed by atoms with van der Waals surface area (Å²) in [4.78, 5) is 12.4. The molecule has 0 aliphatic heterocycles. The van der Waals surface area contributed by atoms with Crippen molar-refractivity contribution in [3.63, 3.8) is 0 Å².